The third-order valence-corrected chi connectivity index (χ3v) is 6.96. The smallest absolute Gasteiger partial charge is 0.315 e. The van der Waals surface area contributed by atoms with Crippen LogP contribution in [0.15, 0.2) is 35.8 Å². The number of hydrogen-bond donors (Lipinski definition) is 3. The summed E-state index contributed by atoms with van der Waals surface area (Å²) in [6.07, 6.45) is 1.38. The molecule has 2 heterocycles. The summed E-state index contributed by atoms with van der Waals surface area (Å²) < 4.78 is 5.35. The first kappa shape index (κ1) is 27.8. The van der Waals surface area contributed by atoms with Crippen molar-refractivity contribution >= 4 is 87.1 Å². The number of ether oxygens (including phenoxy) is 1. The Morgan fingerprint density at radius 3 is 2.47 bits per heavy atom. The molecule has 0 aliphatic heterocycles. The summed E-state index contributed by atoms with van der Waals surface area (Å²) in [5.74, 6) is -0.622. The Bertz CT molecular complexity index is 1290. The highest BCUT2D eigenvalue weighted by molar-refractivity contribution is 7.13. The van der Waals surface area contributed by atoms with Crippen LogP contribution in [0.2, 0.25) is 15.1 Å². The molecule has 9 nitrogen and oxygen atoms in total. The predicted molar refractivity (Wildman–Crippen MR) is 143 cm³/mol. The average Bonchev–Trinajstić information content (AvgIpc) is 3.20. The van der Waals surface area contributed by atoms with Gasteiger partial charge in [0.1, 0.15) is 16.4 Å². The van der Waals surface area contributed by atoms with Crippen molar-refractivity contribution in [1.29, 1.82) is 0 Å². The largest absolute Gasteiger partial charge is 0.494 e. The summed E-state index contributed by atoms with van der Waals surface area (Å²) in [5, 5.41) is 7.69. The molecule has 36 heavy (non-hydrogen) atoms. The molecule has 0 aliphatic rings. The van der Waals surface area contributed by atoms with Crippen molar-refractivity contribution < 1.29 is 19.1 Å². The standard InChI is InChI=1S/C22H19Cl4N5O4S/c1-35-15-7-13(25)6-14(20(32)29-16-3-2-12(24)8-28-16)18(15)30-21(33)19-17(26)11(10-36-19)9-31(5-4-23)22(27)34/h2-3,6-8,10H,4-5,9H2,1H3,(H2,27,34)(H,30,33)(H,28,29,32). The number of amides is 4. The lowest BCUT2D eigenvalue weighted by Gasteiger charge is -2.18. The molecule has 1 aromatic carbocycles. The molecule has 0 saturated carbocycles. The Kier molecular flexibility index (Phi) is 9.63. The number of methoxy groups -OCH3 is 1. The van der Waals surface area contributed by atoms with Gasteiger partial charge in [0, 0.05) is 41.8 Å². The molecular formula is C22H19Cl4N5O4S. The first-order valence-electron chi connectivity index (χ1n) is 10.1. The molecular weight excluding hydrogens is 572 g/mol. The number of alkyl halides is 1. The fourth-order valence-corrected chi connectivity index (χ4v) is 4.84. The summed E-state index contributed by atoms with van der Waals surface area (Å²) in [5.41, 5.74) is 6.00. The average molecular weight is 591 g/mol. The third-order valence-electron chi connectivity index (χ3n) is 4.77. The van der Waals surface area contributed by atoms with Crippen molar-refractivity contribution in [1.82, 2.24) is 9.88 Å². The van der Waals surface area contributed by atoms with Gasteiger partial charge >= 0.3 is 6.03 Å². The molecule has 3 aromatic rings. The van der Waals surface area contributed by atoms with E-state index in [-0.39, 0.29) is 56.7 Å². The number of pyridine rings is 1. The lowest BCUT2D eigenvalue weighted by atomic mass is 10.1. The Labute approximate surface area is 230 Å². The van der Waals surface area contributed by atoms with Gasteiger partial charge in [0.2, 0.25) is 0 Å². The van der Waals surface area contributed by atoms with Gasteiger partial charge in [0.15, 0.2) is 0 Å². The van der Waals surface area contributed by atoms with Crippen molar-refractivity contribution in [3.8, 4) is 5.75 Å². The maximum atomic E-state index is 13.2. The SMILES string of the molecule is COc1cc(Cl)cc(C(=O)Nc2ccc(Cl)cn2)c1NC(=O)c1scc(CN(CCCl)C(N)=O)c1Cl. The van der Waals surface area contributed by atoms with Crippen LogP contribution < -0.4 is 21.1 Å². The second kappa shape index (κ2) is 12.5. The minimum absolute atomic E-state index is 0.0272. The molecule has 3 rings (SSSR count). The molecule has 0 fully saturated rings. The van der Waals surface area contributed by atoms with Crippen molar-refractivity contribution in [3.05, 3.63) is 66.9 Å². The monoisotopic (exact) mass is 589 g/mol. The van der Waals surface area contributed by atoms with Gasteiger partial charge < -0.3 is 26.0 Å². The van der Waals surface area contributed by atoms with Crippen LogP contribution in [0.4, 0.5) is 16.3 Å². The van der Waals surface area contributed by atoms with E-state index in [9.17, 15) is 14.4 Å². The molecule has 4 amide bonds. The zero-order valence-electron chi connectivity index (χ0n) is 18.6. The minimum Gasteiger partial charge on any atom is -0.494 e. The van der Waals surface area contributed by atoms with Crippen LogP contribution >= 0.6 is 57.7 Å². The number of primary amides is 1. The third kappa shape index (κ3) is 6.71. The van der Waals surface area contributed by atoms with Crippen LogP contribution in [0.1, 0.15) is 25.6 Å². The minimum atomic E-state index is -0.666. The number of aromatic nitrogens is 1. The van der Waals surface area contributed by atoms with Gasteiger partial charge in [-0.2, -0.15) is 0 Å². The van der Waals surface area contributed by atoms with E-state index in [1.807, 2.05) is 0 Å². The van der Waals surface area contributed by atoms with Crippen molar-refractivity contribution in [2.75, 3.05) is 30.2 Å². The number of nitrogens with zero attached hydrogens (tertiary/aromatic N) is 2. The molecule has 2 aromatic heterocycles. The normalized spacial score (nSPS) is 10.6. The number of nitrogens with two attached hydrogens (primary N) is 1. The Morgan fingerprint density at radius 2 is 1.86 bits per heavy atom. The second-order valence-electron chi connectivity index (χ2n) is 7.15. The van der Waals surface area contributed by atoms with Gasteiger partial charge in [-0.15, -0.1) is 22.9 Å². The summed E-state index contributed by atoms with van der Waals surface area (Å²) in [4.78, 5) is 43.3. The number of anilines is 2. The van der Waals surface area contributed by atoms with E-state index in [1.54, 1.807) is 11.4 Å². The predicted octanol–water partition coefficient (Wildman–Crippen LogP) is 5.74. The fraction of sp³-hybridized carbons (Fsp3) is 0.182. The number of rotatable bonds is 9. The van der Waals surface area contributed by atoms with E-state index >= 15 is 0 Å². The Balaban J connectivity index is 1.89. The maximum absolute atomic E-state index is 13.2. The summed E-state index contributed by atoms with van der Waals surface area (Å²) in [6, 6.07) is 5.25. The molecule has 0 radical (unpaired) electrons. The van der Waals surface area contributed by atoms with Crippen LogP contribution in [0.5, 0.6) is 5.75 Å². The number of thiophene rings is 1. The van der Waals surface area contributed by atoms with Crippen LogP contribution in [0, 0.1) is 0 Å². The van der Waals surface area contributed by atoms with E-state index in [4.69, 9.17) is 56.9 Å². The van der Waals surface area contributed by atoms with Gasteiger partial charge in [-0.3, -0.25) is 9.59 Å². The van der Waals surface area contributed by atoms with Crippen LogP contribution in [-0.4, -0.2) is 47.3 Å². The zero-order valence-corrected chi connectivity index (χ0v) is 22.5. The Hall–Kier alpha value is -2.76. The topological polar surface area (TPSA) is 127 Å². The number of nitrogens with one attached hydrogen (secondary N) is 2. The van der Waals surface area contributed by atoms with Crippen LogP contribution in [0.25, 0.3) is 0 Å². The second-order valence-corrected chi connectivity index (χ2v) is 9.66. The molecule has 4 N–H and O–H groups in total. The van der Waals surface area contributed by atoms with Crippen molar-refractivity contribution in [2.45, 2.75) is 6.54 Å². The number of benzene rings is 1. The van der Waals surface area contributed by atoms with E-state index in [0.29, 0.717) is 10.6 Å². The van der Waals surface area contributed by atoms with Gasteiger partial charge in [-0.05, 0) is 23.6 Å². The summed E-state index contributed by atoms with van der Waals surface area (Å²) >= 11 is 25.2. The number of carbonyl (C=O) groups excluding carboxylic acids is 3. The Morgan fingerprint density at radius 1 is 1.11 bits per heavy atom. The van der Waals surface area contributed by atoms with Crippen molar-refractivity contribution in [2.24, 2.45) is 5.73 Å². The van der Waals surface area contributed by atoms with Gasteiger partial charge in [-0.1, -0.05) is 34.8 Å². The van der Waals surface area contributed by atoms with Crippen LogP contribution in [0.3, 0.4) is 0 Å². The lowest BCUT2D eigenvalue weighted by Crippen LogP contribution is -2.36. The van der Waals surface area contributed by atoms with Gasteiger partial charge in [0.05, 0.1) is 28.4 Å². The molecule has 0 bridgehead atoms. The van der Waals surface area contributed by atoms with E-state index < -0.39 is 17.8 Å². The quantitative estimate of drug-likeness (QED) is 0.274. The van der Waals surface area contributed by atoms with Gasteiger partial charge in [0.25, 0.3) is 11.8 Å². The fourth-order valence-electron chi connectivity index (χ4n) is 3.07. The molecule has 0 saturated heterocycles. The molecule has 0 spiro atoms. The molecule has 0 atom stereocenters. The lowest BCUT2D eigenvalue weighted by molar-refractivity contribution is 0.102. The summed E-state index contributed by atoms with van der Waals surface area (Å²) in [7, 11) is 1.37. The molecule has 14 heteroatoms. The highest BCUT2D eigenvalue weighted by Crippen LogP contribution is 2.35. The number of hydrogen-bond acceptors (Lipinski definition) is 6. The number of halogens is 4. The number of urea groups is 1. The highest BCUT2D eigenvalue weighted by atomic mass is 35.5. The summed E-state index contributed by atoms with van der Waals surface area (Å²) in [6.45, 7) is 0.296. The maximum Gasteiger partial charge on any atom is 0.315 e. The molecule has 0 aliphatic carbocycles. The van der Waals surface area contributed by atoms with E-state index in [2.05, 4.69) is 15.6 Å². The van der Waals surface area contributed by atoms with E-state index in [0.717, 1.165) is 11.3 Å². The van der Waals surface area contributed by atoms with E-state index in [1.165, 1.54) is 36.4 Å². The first-order valence-corrected chi connectivity index (χ1v) is 12.7. The zero-order chi connectivity index (χ0) is 26.4. The number of carbonyl (C=O) groups is 3. The molecule has 190 valence electrons. The molecule has 0 unspecified atom stereocenters. The van der Waals surface area contributed by atoms with Gasteiger partial charge in [-0.25, -0.2) is 9.78 Å². The first-order chi connectivity index (χ1) is 17.1. The van der Waals surface area contributed by atoms with Crippen LogP contribution in [-0.2, 0) is 6.54 Å². The highest BCUT2D eigenvalue weighted by Gasteiger charge is 2.24. The van der Waals surface area contributed by atoms with Crippen molar-refractivity contribution in [3.63, 3.8) is 0 Å².